The maximum absolute atomic E-state index is 11.2. The van der Waals surface area contributed by atoms with Crippen molar-refractivity contribution in [1.29, 1.82) is 0 Å². The van der Waals surface area contributed by atoms with Gasteiger partial charge in [0.2, 0.25) is 0 Å². The number of nitrogens with zero attached hydrogens (tertiary/aromatic N) is 2. The highest BCUT2D eigenvalue weighted by Crippen LogP contribution is 2.21. The lowest BCUT2D eigenvalue weighted by molar-refractivity contribution is 0.112. The van der Waals surface area contributed by atoms with Gasteiger partial charge in [0.15, 0.2) is 6.29 Å². The van der Waals surface area contributed by atoms with E-state index in [1.54, 1.807) is 10.9 Å². The summed E-state index contributed by atoms with van der Waals surface area (Å²) in [6.45, 7) is 0.602. The van der Waals surface area contributed by atoms with Crippen molar-refractivity contribution in [3.63, 3.8) is 0 Å². The van der Waals surface area contributed by atoms with Gasteiger partial charge in [-0.2, -0.15) is 5.10 Å². The van der Waals surface area contributed by atoms with E-state index in [1.807, 2.05) is 54.6 Å². The molecular formula is C17H13ClN2O. The largest absolute Gasteiger partial charge is 0.298 e. The third kappa shape index (κ3) is 3.03. The number of hydrogen-bond acceptors (Lipinski definition) is 2. The Bertz CT molecular complexity index is 748. The van der Waals surface area contributed by atoms with Crippen molar-refractivity contribution < 1.29 is 4.79 Å². The first-order chi connectivity index (χ1) is 10.3. The van der Waals surface area contributed by atoms with Gasteiger partial charge in [-0.15, -0.1) is 0 Å². The highest BCUT2D eigenvalue weighted by atomic mass is 35.5. The van der Waals surface area contributed by atoms with E-state index >= 15 is 0 Å². The molecule has 0 N–H and O–H groups in total. The highest BCUT2D eigenvalue weighted by molar-refractivity contribution is 6.30. The van der Waals surface area contributed by atoms with Crippen LogP contribution in [0.15, 0.2) is 60.8 Å². The minimum Gasteiger partial charge on any atom is -0.298 e. The van der Waals surface area contributed by atoms with Crippen LogP contribution >= 0.6 is 11.6 Å². The molecule has 0 spiro atoms. The Morgan fingerprint density at radius 1 is 1.05 bits per heavy atom. The summed E-state index contributed by atoms with van der Waals surface area (Å²) in [6.07, 6.45) is 2.61. The molecule has 0 atom stereocenters. The normalized spacial score (nSPS) is 10.5. The number of carbonyl (C=O) groups is 1. The summed E-state index contributed by atoms with van der Waals surface area (Å²) >= 11 is 5.88. The average Bonchev–Trinajstić information content (AvgIpc) is 2.93. The van der Waals surface area contributed by atoms with Gasteiger partial charge in [-0.25, -0.2) is 0 Å². The van der Waals surface area contributed by atoms with E-state index in [-0.39, 0.29) is 0 Å². The zero-order valence-corrected chi connectivity index (χ0v) is 12.0. The van der Waals surface area contributed by atoms with Crippen LogP contribution in [0.1, 0.15) is 15.9 Å². The first-order valence-electron chi connectivity index (χ1n) is 6.59. The van der Waals surface area contributed by atoms with Gasteiger partial charge in [-0.05, 0) is 17.7 Å². The fourth-order valence-electron chi connectivity index (χ4n) is 2.20. The molecule has 0 aliphatic rings. The molecule has 0 saturated heterocycles. The molecule has 0 fully saturated rings. The summed E-state index contributed by atoms with van der Waals surface area (Å²) in [6, 6.07) is 17.3. The van der Waals surface area contributed by atoms with Crippen LogP contribution in [0.4, 0.5) is 0 Å². The number of halogens is 1. The maximum atomic E-state index is 11.2. The summed E-state index contributed by atoms with van der Waals surface area (Å²) in [4.78, 5) is 11.2. The molecule has 0 radical (unpaired) electrons. The molecule has 0 aliphatic carbocycles. The third-order valence-corrected chi connectivity index (χ3v) is 3.47. The van der Waals surface area contributed by atoms with E-state index in [9.17, 15) is 4.79 Å². The number of carbonyl (C=O) groups excluding carboxylic acids is 1. The maximum Gasteiger partial charge on any atom is 0.153 e. The molecule has 1 aromatic heterocycles. The molecule has 104 valence electrons. The van der Waals surface area contributed by atoms with E-state index in [1.165, 1.54) is 0 Å². The van der Waals surface area contributed by atoms with Gasteiger partial charge in [0, 0.05) is 16.8 Å². The molecule has 2 aromatic carbocycles. The molecule has 1 heterocycles. The Balaban J connectivity index is 1.92. The Morgan fingerprint density at radius 3 is 2.43 bits per heavy atom. The topological polar surface area (TPSA) is 34.9 Å². The van der Waals surface area contributed by atoms with Crippen molar-refractivity contribution in [1.82, 2.24) is 9.78 Å². The highest BCUT2D eigenvalue weighted by Gasteiger charge is 2.10. The predicted molar refractivity (Wildman–Crippen MR) is 83.6 cm³/mol. The smallest absolute Gasteiger partial charge is 0.153 e. The molecule has 21 heavy (non-hydrogen) atoms. The van der Waals surface area contributed by atoms with Crippen molar-refractivity contribution in [3.05, 3.63) is 76.9 Å². The van der Waals surface area contributed by atoms with Crippen molar-refractivity contribution in [2.24, 2.45) is 0 Å². The lowest BCUT2D eigenvalue weighted by atomic mass is 10.1. The average molecular weight is 297 g/mol. The molecular weight excluding hydrogens is 284 g/mol. The zero-order chi connectivity index (χ0) is 14.7. The number of aldehydes is 1. The molecule has 0 aliphatic heterocycles. The van der Waals surface area contributed by atoms with Gasteiger partial charge < -0.3 is 0 Å². The lowest BCUT2D eigenvalue weighted by Crippen LogP contribution is -2.00. The fourth-order valence-corrected chi connectivity index (χ4v) is 2.33. The van der Waals surface area contributed by atoms with Gasteiger partial charge >= 0.3 is 0 Å². The Hall–Kier alpha value is -2.39. The van der Waals surface area contributed by atoms with Crippen molar-refractivity contribution in [3.8, 4) is 11.3 Å². The second-order valence-corrected chi connectivity index (χ2v) is 5.18. The quantitative estimate of drug-likeness (QED) is 0.680. The Kier molecular flexibility index (Phi) is 3.84. The Morgan fingerprint density at radius 2 is 1.76 bits per heavy atom. The molecule has 0 amide bonds. The summed E-state index contributed by atoms with van der Waals surface area (Å²) in [5, 5.41) is 5.23. The summed E-state index contributed by atoms with van der Waals surface area (Å²) in [5.41, 5.74) is 3.32. The first kappa shape index (κ1) is 13.6. The number of benzene rings is 2. The molecule has 3 aromatic rings. The van der Waals surface area contributed by atoms with Gasteiger partial charge in [0.1, 0.15) is 5.69 Å². The van der Waals surface area contributed by atoms with Crippen LogP contribution in [0.25, 0.3) is 11.3 Å². The second kappa shape index (κ2) is 5.94. The SMILES string of the molecule is O=Cc1cn(Cc2ccc(Cl)cc2)nc1-c1ccccc1. The predicted octanol–water partition coefficient (Wildman–Crippen LogP) is 4.06. The van der Waals surface area contributed by atoms with E-state index < -0.39 is 0 Å². The first-order valence-corrected chi connectivity index (χ1v) is 6.96. The molecule has 3 nitrogen and oxygen atoms in total. The number of hydrogen-bond donors (Lipinski definition) is 0. The van der Waals surface area contributed by atoms with Crippen molar-refractivity contribution in [2.45, 2.75) is 6.54 Å². The van der Waals surface area contributed by atoms with Gasteiger partial charge in [-0.3, -0.25) is 9.48 Å². The van der Waals surface area contributed by atoms with Gasteiger partial charge in [-0.1, -0.05) is 54.1 Å². The van der Waals surface area contributed by atoms with Crippen LogP contribution in [0.2, 0.25) is 5.02 Å². The van der Waals surface area contributed by atoms with Crippen LogP contribution in [-0.2, 0) is 6.54 Å². The monoisotopic (exact) mass is 296 g/mol. The van der Waals surface area contributed by atoms with E-state index in [0.717, 1.165) is 17.4 Å². The molecule has 0 bridgehead atoms. The molecule has 4 heteroatoms. The van der Waals surface area contributed by atoms with Crippen molar-refractivity contribution in [2.75, 3.05) is 0 Å². The van der Waals surface area contributed by atoms with Crippen LogP contribution in [-0.4, -0.2) is 16.1 Å². The lowest BCUT2D eigenvalue weighted by Gasteiger charge is -2.02. The summed E-state index contributed by atoms with van der Waals surface area (Å²) in [5.74, 6) is 0. The summed E-state index contributed by atoms with van der Waals surface area (Å²) < 4.78 is 1.77. The van der Waals surface area contributed by atoms with Crippen LogP contribution in [0.5, 0.6) is 0 Å². The third-order valence-electron chi connectivity index (χ3n) is 3.22. The second-order valence-electron chi connectivity index (χ2n) is 4.74. The van der Waals surface area contributed by atoms with E-state index in [4.69, 9.17) is 11.6 Å². The van der Waals surface area contributed by atoms with Crippen LogP contribution in [0.3, 0.4) is 0 Å². The minimum absolute atomic E-state index is 0.593. The summed E-state index contributed by atoms with van der Waals surface area (Å²) in [7, 11) is 0. The molecule has 0 unspecified atom stereocenters. The van der Waals surface area contributed by atoms with E-state index in [0.29, 0.717) is 22.8 Å². The van der Waals surface area contributed by atoms with Crippen LogP contribution in [0, 0.1) is 0 Å². The number of rotatable bonds is 4. The molecule has 3 rings (SSSR count). The van der Waals surface area contributed by atoms with E-state index in [2.05, 4.69) is 5.10 Å². The molecule has 0 saturated carbocycles. The van der Waals surface area contributed by atoms with Gasteiger partial charge in [0.05, 0.1) is 12.1 Å². The Labute approximate surface area is 127 Å². The number of aromatic nitrogens is 2. The standard InChI is InChI=1S/C17H13ClN2O/c18-16-8-6-13(7-9-16)10-20-11-15(12-21)17(19-20)14-4-2-1-3-5-14/h1-9,11-12H,10H2. The van der Waals surface area contributed by atoms with Crippen molar-refractivity contribution >= 4 is 17.9 Å². The van der Waals surface area contributed by atoms with Gasteiger partial charge in [0.25, 0.3) is 0 Å². The minimum atomic E-state index is 0.593. The zero-order valence-electron chi connectivity index (χ0n) is 11.2. The van der Waals surface area contributed by atoms with Crippen LogP contribution < -0.4 is 0 Å². The fraction of sp³-hybridized carbons (Fsp3) is 0.0588.